The first kappa shape index (κ1) is 28.9. The molecule has 0 aromatic heterocycles. The Morgan fingerprint density at radius 2 is 1.57 bits per heavy atom. The van der Waals surface area contributed by atoms with E-state index in [4.69, 9.17) is 23.2 Å². The molecule has 0 saturated carbocycles. The summed E-state index contributed by atoms with van der Waals surface area (Å²) in [5.41, 5.74) is 1.88. The zero-order valence-corrected chi connectivity index (χ0v) is 23.0. The van der Waals surface area contributed by atoms with Crippen molar-refractivity contribution in [3.8, 4) is 0 Å². The Morgan fingerprint density at radius 3 is 2.06 bits per heavy atom. The Hall–Kier alpha value is -2.29. The lowest BCUT2D eigenvalue weighted by molar-refractivity contribution is -0.139. The van der Waals surface area contributed by atoms with Crippen LogP contribution in [-0.4, -0.2) is 50.0 Å². The lowest BCUT2D eigenvalue weighted by Crippen LogP contribution is -2.52. The molecule has 2 atom stereocenters. The number of sulfonamides is 1. The number of nitrogens with one attached hydrogen (secondary N) is 1. The highest BCUT2D eigenvalue weighted by Crippen LogP contribution is 2.27. The number of carbonyl (C=O) groups is 2. The van der Waals surface area contributed by atoms with Gasteiger partial charge in [-0.05, 0) is 56.5 Å². The van der Waals surface area contributed by atoms with Crippen LogP contribution in [0, 0.1) is 0 Å². The van der Waals surface area contributed by atoms with Crippen molar-refractivity contribution in [1.82, 2.24) is 10.2 Å². The number of carbonyl (C=O) groups excluding carboxylic acids is 2. The predicted octanol–water partition coefficient (Wildman–Crippen LogP) is 4.65. The van der Waals surface area contributed by atoms with E-state index in [1.807, 2.05) is 32.9 Å². The number of anilines is 1. The molecule has 2 aromatic carbocycles. The minimum Gasteiger partial charge on any atom is -0.352 e. The third-order valence-electron chi connectivity index (χ3n) is 5.87. The van der Waals surface area contributed by atoms with Gasteiger partial charge in [-0.3, -0.25) is 13.9 Å². The fourth-order valence-corrected chi connectivity index (χ4v) is 4.78. The predicted molar refractivity (Wildman–Crippen MR) is 142 cm³/mol. The van der Waals surface area contributed by atoms with Crippen molar-refractivity contribution in [2.24, 2.45) is 0 Å². The van der Waals surface area contributed by atoms with E-state index in [9.17, 15) is 18.0 Å². The van der Waals surface area contributed by atoms with Crippen molar-refractivity contribution in [1.29, 1.82) is 0 Å². The smallest absolute Gasteiger partial charge is 0.244 e. The van der Waals surface area contributed by atoms with Crippen molar-refractivity contribution in [3.63, 3.8) is 0 Å². The highest BCUT2D eigenvalue weighted by molar-refractivity contribution is 7.92. The quantitative estimate of drug-likeness (QED) is 0.448. The van der Waals surface area contributed by atoms with Crippen molar-refractivity contribution in [2.45, 2.75) is 59.2 Å². The molecule has 2 aromatic rings. The molecular formula is C25H33Cl2N3O4S. The third kappa shape index (κ3) is 7.85. The average molecular weight is 543 g/mol. The molecule has 0 unspecified atom stereocenters. The Morgan fingerprint density at radius 1 is 1.00 bits per heavy atom. The van der Waals surface area contributed by atoms with E-state index in [0.29, 0.717) is 21.3 Å². The lowest BCUT2D eigenvalue weighted by atomic mass is 10.1. The Balaban J connectivity index is 2.43. The molecule has 0 radical (unpaired) electrons. The van der Waals surface area contributed by atoms with E-state index in [-0.39, 0.29) is 18.5 Å². The molecule has 2 amide bonds. The SMILES string of the molecule is CCc1ccc(N(CC(=O)N(Cc2c(Cl)cccc2Cl)[C@H](C)C(=O)N[C@@H](C)CC)S(C)(=O)=O)cc1. The second-order valence-electron chi connectivity index (χ2n) is 8.51. The van der Waals surface area contributed by atoms with Gasteiger partial charge in [0.2, 0.25) is 21.8 Å². The van der Waals surface area contributed by atoms with Crippen molar-refractivity contribution >= 4 is 50.7 Å². The molecule has 0 aliphatic rings. The van der Waals surface area contributed by atoms with Crippen LogP contribution < -0.4 is 9.62 Å². The van der Waals surface area contributed by atoms with E-state index in [1.54, 1.807) is 37.3 Å². The fourth-order valence-electron chi connectivity index (χ4n) is 3.41. The van der Waals surface area contributed by atoms with Crippen molar-refractivity contribution in [2.75, 3.05) is 17.1 Å². The van der Waals surface area contributed by atoms with Gasteiger partial charge in [0.25, 0.3) is 0 Å². The first-order chi connectivity index (χ1) is 16.4. The summed E-state index contributed by atoms with van der Waals surface area (Å²) in [5, 5.41) is 3.57. The van der Waals surface area contributed by atoms with Gasteiger partial charge in [-0.1, -0.05) is 55.2 Å². The van der Waals surface area contributed by atoms with E-state index in [1.165, 1.54) is 4.90 Å². The summed E-state index contributed by atoms with van der Waals surface area (Å²) in [4.78, 5) is 27.8. The average Bonchev–Trinajstić information content (AvgIpc) is 2.81. The summed E-state index contributed by atoms with van der Waals surface area (Å²) in [6.45, 7) is 6.87. The van der Waals surface area contributed by atoms with Crippen LogP contribution >= 0.6 is 23.2 Å². The number of hydrogen-bond donors (Lipinski definition) is 1. The van der Waals surface area contributed by atoms with Gasteiger partial charge in [-0.25, -0.2) is 8.42 Å². The van der Waals surface area contributed by atoms with E-state index in [2.05, 4.69) is 5.32 Å². The largest absolute Gasteiger partial charge is 0.352 e. The van der Waals surface area contributed by atoms with Crippen molar-refractivity contribution in [3.05, 3.63) is 63.6 Å². The summed E-state index contributed by atoms with van der Waals surface area (Å²) in [6, 6.07) is 11.0. The Kier molecular flexibility index (Phi) is 10.4. The summed E-state index contributed by atoms with van der Waals surface area (Å²) < 4.78 is 26.3. The molecule has 7 nitrogen and oxygen atoms in total. The number of amides is 2. The zero-order chi connectivity index (χ0) is 26.3. The van der Waals surface area contributed by atoms with Crippen LogP contribution in [0.4, 0.5) is 5.69 Å². The van der Waals surface area contributed by atoms with Gasteiger partial charge in [-0.15, -0.1) is 0 Å². The summed E-state index contributed by atoms with van der Waals surface area (Å²) in [5.74, 6) is -0.910. The minimum absolute atomic E-state index is 0.0567. The number of aryl methyl sites for hydroxylation is 1. The number of rotatable bonds is 11. The topological polar surface area (TPSA) is 86.8 Å². The van der Waals surface area contributed by atoms with E-state index < -0.39 is 28.5 Å². The molecule has 1 N–H and O–H groups in total. The zero-order valence-electron chi connectivity index (χ0n) is 20.7. The molecule has 2 rings (SSSR count). The molecule has 10 heteroatoms. The van der Waals surface area contributed by atoms with Gasteiger partial charge in [0, 0.05) is 28.2 Å². The minimum atomic E-state index is -3.79. The molecule has 0 heterocycles. The van der Waals surface area contributed by atoms with Crippen LogP contribution in [0.2, 0.25) is 10.0 Å². The van der Waals surface area contributed by atoms with Gasteiger partial charge in [0.1, 0.15) is 12.6 Å². The van der Waals surface area contributed by atoms with E-state index in [0.717, 1.165) is 29.0 Å². The second-order valence-corrected chi connectivity index (χ2v) is 11.2. The maximum atomic E-state index is 13.6. The van der Waals surface area contributed by atoms with Crippen molar-refractivity contribution < 1.29 is 18.0 Å². The number of hydrogen-bond acceptors (Lipinski definition) is 4. The molecule has 0 spiro atoms. The number of halogens is 2. The molecular weight excluding hydrogens is 509 g/mol. The Bertz CT molecular complexity index is 1120. The van der Waals surface area contributed by atoms with Crippen LogP contribution in [0.1, 0.15) is 45.2 Å². The van der Waals surface area contributed by atoms with Crippen LogP contribution in [0.5, 0.6) is 0 Å². The molecule has 192 valence electrons. The summed E-state index contributed by atoms with van der Waals surface area (Å²) in [7, 11) is -3.79. The third-order valence-corrected chi connectivity index (χ3v) is 7.72. The molecule has 0 aliphatic carbocycles. The second kappa shape index (κ2) is 12.6. The fraction of sp³-hybridized carbons (Fsp3) is 0.440. The standard InChI is InChI=1S/C25H33Cl2N3O4S/c1-6-17(3)28-25(32)18(4)29(15-21-22(26)9-8-10-23(21)27)24(31)16-30(35(5,33)34)20-13-11-19(7-2)12-14-20/h8-14,17-18H,6-7,15-16H2,1-5H3,(H,28,32)/t17-,18+/m0/s1. The maximum absolute atomic E-state index is 13.6. The van der Waals surface area contributed by atoms with Gasteiger partial charge < -0.3 is 10.2 Å². The molecule has 0 fully saturated rings. The highest BCUT2D eigenvalue weighted by atomic mass is 35.5. The van der Waals surface area contributed by atoms with Crippen LogP contribution in [0.15, 0.2) is 42.5 Å². The van der Waals surface area contributed by atoms with Crippen LogP contribution in [-0.2, 0) is 32.6 Å². The monoisotopic (exact) mass is 541 g/mol. The first-order valence-electron chi connectivity index (χ1n) is 11.5. The Labute approximate surface area is 218 Å². The molecule has 0 bridgehead atoms. The van der Waals surface area contributed by atoms with Gasteiger partial charge in [0.15, 0.2) is 0 Å². The summed E-state index contributed by atoms with van der Waals surface area (Å²) in [6.07, 6.45) is 2.56. The van der Waals surface area contributed by atoms with E-state index >= 15 is 0 Å². The molecule has 0 aliphatic heterocycles. The lowest BCUT2D eigenvalue weighted by Gasteiger charge is -2.32. The molecule has 0 saturated heterocycles. The highest BCUT2D eigenvalue weighted by Gasteiger charge is 2.31. The number of nitrogens with zero attached hydrogens (tertiary/aromatic N) is 2. The maximum Gasteiger partial charge on any atom is 0.244 e. The van der Waals surface area contributed by atoms with Gasteiger partial charge in [-0.2, -0.15) is 0 Å². The first-order valence-corrected chi connectivity index (χ1v) is 14.1. The number of benzene rings is 2. The van der Waals surface area contributed by atoms with Gasteiger partial charge >= 0.3 is 0 Å². The van der Waals surface area contributed by atoms with Crippen LogP contribution in [0.25, 0.3) is 0 Å². The summed E-state index contributed by atoms with van der Waals surface area (Å²) >= 11 is 12.7. The van der Waals surface area contributed by atoms with Crippen LogP contribution in [0.3, 0.4) is 0 Å². The van der Waals surface area contributed by atoms with Gasteiger partial charge in [0.05, 0.1) is 11.9 Å². The normalized spacial score (nSPS) is 13.1. The molecule has 35 heavy (non-hydrogen) atoms.